The Kier molecular flexibility index (Phi) is 9.75. The molecule has 0 spiro atoms. The second-order valence-electron chi connectivity index (χ2n) is 10.6. The van der Waals surface area contributed by atoms with Crippen LogP contribution < -0.4 is 4.74 Å². The lowest BCUT2D eigenvalue weighted by molar-refractivity contribution is -0.265. The third-order valence-electron chi connectivity index (χ3n) is 7.43. The van der Waals surface area contributed by atoms with Crippen LogP contribution in [0.15, 0.2) is 24.3 Å². The molecule has 2 aliphatic heterocycles. The number of H-pyrrole nitrogens is 1. The van der Waals surface area contributed by atoms with Crippen LogP contribution in [0.3, 0.4) is 0 Å². The fraction of sp³-hybridized carbons (Fsp3) is 0.643. The number of aryl methyl sites for hydroxylation is 1. The molecule has 5 unspecified atom stereocenters. The van der Waals surface area contributed by atoms with Gasteiger partial charge in [0.2, 0.25) is 18.1 Å². The van der Waals surface area contributed by atoms with E-state index in [0.717, 1.165) is 61.2 Å². The highest BCUT2D eigenvalue weighted by Gasteiger charge is 2.46. The zero-order chi connectivity index (χ0) is 27.2. The summed E-state index contributed by atoms with van der Waals surface area (Å²) in [7, 11) is 0. The van der Waals surface area contributed by atoms with E-state index in [9.17, 15) is 24.5 Å². The Balaban J connectivity index is 1.39. The molecule has 38 heavy (non-hydrogen) atoms. The molecule has 0 aliphatic carbocycles. The topological polar surface area (TPSA) is 128 Å². The third-order valence-corrected chi connectivity index (χ3v) is 7.43. The first-order valence-electron chi connectivity index (χ1n) is 13.6. The van der Waals surface area contributed by atoms with Crippen molar-refractivity contribution in [3.63, 3.8) is 0 Å². The van der Waals surface area contributed by atoms with Gasteiger partial charge in [-0.1, -0.05) is 38.1 Å². The Morgan fingerprint density at radius 2 is 1.84 bits per heavy atom. The summed E-state index contributed by atoms with van der Waals surface area (Å²) in [4.78, 5) is 14.4. The molecule has 9 nitrogen and oxygen atoms in total. The van der Waals surface area contributed by atoms with Crippen molar-refractivity contribution >= 4 is 5.91 Å². The highest BCUT2D eigenvalue weighted by atomic mass is 19.1. The second-order valence-corrected chi connectivity index (χ2v) is 10.6. The van der Waals surface area contributed by atoms with Crippen LogP contribution in [0, 0.1) is 0 Å². The first-order valence-corrected chi connectivity index (χ1v) is 13.6. The van der Waals surface area contributed by atoms with Crippen molar-refractivity contribution in [1.82, 2.24) is 15.1 Å². The molecule has 1 amide bonds. The maximum atomic E-state index is 14.1. The molecule has 0 saturated carbocycles. The number of aliphatic hydroxyl groups is 3. The van der Waals surface area contributed by atoms with Crippen LogP contribution in [0.4, 0.5) is 4.39 Å². The van der Waals surface area contributed by atoms with Crippen LogP contribution >= 0.6 is 0 Å². The van der Waals surface area contributed by atoms with E-state index >= 15 is 0 Å². The summed E-state index contributed by atoms with van der Waals surface area (Å²) in [6, 6.07) is 8.20. The lowest BCUT2D eigenvalue weighted by Gasteiger charge is -2.38. The molecule has 1 aromatic carbocycles. The zero-order valence-corrected chi connectivity index (χ0v) is 22.2. The van der Waals surface area contributed by atoms with Gasteiger partial charge >= 0.3 is 0 Å². The number of amides is 1. The van der Waals surface area contributed by atoms with Gasteiger partial charge in [0.25, 0.3) is 0 Å². The van der Waals surface area contributed by atoms with Gasteiger partial charge in [-0.3, -0.25) is 9.89 Å². The van der Waals surface area contributed by atoms with Crippen molar-refractivity contribution in [2.45, 2.75) is 95.5 Å². The first-order chi connectivity index (χ1) is 18.3. The predicted octanol–water partition coefficient (Wildman–Crippen LogP) is 2.62. The molecule has 1 aromatic heterocycles. The number of aliphatic hydroxyl groups excluding tert-OH is 3. The Labute approximate surface area is 223 Å². The molecule has 3 heterocycles. The quantitative estimate of drug-likeness (QED) is 0.370. The zero-order valence-electron chi connectivity index (χ0n) is 22.2. The molecule has 2 saturated heterocycles. The molecular weight excluding hydrogens is 493 g/mol. The lowest BCUT2D eigenvalue weighted by Crippen LogP contribution is -2.58. The van der Waals surface area contributed by atoms with Gasteiger partial charge in [-0.05, 0) is 49.1 Å². The van der Waals surface area contributed by atoms with Gasteiger partial charge in [0.05, 0.1) is 6.61 Å². The smallest absolute Gasteiger partial charge is 0.238 e. The number of likely N-dealkylation sites (tertiary alicyclic amines) is 1. The van der Waals surface area contributed by atoms with E-state index in [1.165, 1.54) is 6.42 Å². The van der Waals surface area contributed by atoms with Gasteiger partial charge in [0, 0.05) is 37.2 Å². The molecule has 0 radical (unpaired) electrons. The molecule has 2 aliphatic rings. The number of hydrogen-bond acceptors (Lipinski definition) is 7. The van der Waals surface area contributed by atoms with Gasteiger partial charge in [-0.2, -0.15) is 0 Å². The van der Waals surface area contributed by atoms with Crippen LogP contribution in [-0.2, 0) is 22.4 Å². The molecule has 0 bridgehead atoms. The molecular formula is C28H40FN3O6. The van der Waals surface area contributed by atoms with Gasteiger partial charge in [-0.15, -0.1) is 5.10 Å². The van der Waals surface area contributed by atoms with E-state index in [2.05, 4.69) is 22.3 Å². The molecule has 4 rings (SSSR count). The SMILES string of the molecule is CC(C)c1[nH]nc(OC2OC(CO)C(F)C(O)C2O)c1Cc1ccc(CCCC(=O)N2CCCCC2)cc1. The molecule has 2 aromatic rings. The normalized spacial score (nSPS) is 26.1. The highest BCUT2D eigenvalue weighted by molar-refractivity contribution is 5.76. The fourth-order valence-electron chi connectivity index (χ4n) is 5.13. The summed E-state index contributed by atoms with van der Waals surface area (Å²) >= 11 is 0. The molecule has 4 N–H and O–H groups in total. The lowest BCUT2D eigenvalue weighted by atomic mass is 9.98. The van der Waals surface area contributed by atoms with E-state index < -0.39 is 37.4 Å². The average Bonchev–Trinajstić information content (AvgIpc) is 3.32. The summed E-state index contributed by atoms with van der Waals surface area (Å²) in [6.07, 6.45) is -1.88. The van der Waals surface area contributed by atoms with Crippen molar-refractivity contribution in [2.24, 2.45) is 0 Å². The number of piperidine rings is 1. The largest absolute Gasteiger partial charge is 0.443 e. The van der Waals surface area contributed by atoms with Gasteiger partial charge in [-0.25, -0.2) is 4.39 Å². The van der Waals surface area contributed by atoms with Crippen molar-refractivity contribution in [2.75, 3.05) is 19.7 Å². The third kappa shape index (κ3) is 6.72. The minimum absolute atomic E-state index is 0.106. The number of halogens is 1. The minimum atomic E-state index is -1.93. The molecule has 210 valence electrons. The van der Waals surface area contributed by atoms with E-state index in [0.29, 0.717) is 12.8 Å². The summed E-state index contributed by atoms with van der Waals surface area (Å²) in [5.41, 5.74) is 3.81. The second kappa shape index (κ2) is 13.0. The van der Waals surface area contributed by atoms with E-state index in [4.69, 9.17) is 9.47 Å². The van der Waals surface area contributed by atoms with Crippen molar-refractivity contribution in [3.8, 4) is 5.88 Å². The van der Waals surface area contributed by atoms with Crippen LogP contribution in [0.5, 0.6) is 5.88 Å². The number of ether oxygens (including phenoxy) is 2. The number of benzene rings is 1. The Morgan fingerprint density at radius 3 is 2.50 bits per heavy atom. The summed E-state index contributed by atoms with van der Waals surface area (Å²) in [5.74, 6) is 0.552. The van der Waals surface area contributed by atoms with Crippen LogP contribution in [0.1, 0.15) is 74.3 Å². The maximum absolute atomic E-state index is 14.1. The first kappa shape index (κ1) is 28.5. The van der Waals surface area contributed by atoms with Gasteiger partial charge < -0.3 is 29.7 Å². The number of aromatic nitrogens is 2. The number of hydrogen-bond donors (Lipinski definition) is 4. The van der Waals surface area contributed by atoms with E-state index in [1.807, 2.05) is 30.9 Å². The Morgan fingerprint density at radius 1 is 1.16 bits per heavy atom. The number of carbonyl (C=O) groups excluding carboxylic acids is 1. The van der Waals surface area contributed by atoms with Crippen LogP contribution in [-0.4, -0.2) is 86.8 Å². The molecule has 10 heteroatoms. The average molecular weight is 534 g/mol. The monoisotopic (exact) mass is 533 g/mol. The van der Waals surface area contributed by atoms with Crippen LogP contribution in [0.25, 0.3) is 0 Å². The number of alkyl halides is 1. The molecule has 2 fully saturated rings. The highest BCUT2D eigenvalue weighted by Crippen LogP contribution is 2.31. The van der Waals surface area contributed by atoms with E-state index in [1.54, 1.807) is 0 Å². The van der Waals surface area contributed by atoms with Gasteiger partial charge in [0.1, 0.15) is 18.3 Å². The molecule has 5 atom stereocenters. The maximum Gasteiger partial charge on any atom is 0.238 e. The summed E-state index contributed by atoms with van der Waals surface area (Å²) in [5, 5.41) is 37.0. The Hall–Kier alpha value is -2.53. The number of nitrogens with one attached hydrogen (secondary N) is 1. The number of carbonyl (C=O) groups is 1. The number of rotatable bonds is 10. The van der Waals surface area contributed by atoms with Crippen LogP contribution in [0.2, 0.25) is 0 Å². The number of aromatic amines is 1. The van der Waals surface area contributed by atoms with Crippen molar-refractivity contribution in [1.29, 1.82) is 0 Å². The Bertz CT molecular complexity index is 1040. The van der Waals surface area contributed by atoms with Gasteiger partial charge in [0.15, 0.2) is 6.17 Å². The predicted molar refractivity (Wildman–Crippen MR) is 139 cm³/mol. The number of nitrogens with zero attached hydrogens (tertiary/aromatic N) is 2. The standard InChI is InChI=1S/C28H40FN3O6/c1-17(2)24-20(27(31-30-24)38-28-26(36)25(35)23(29)21(16-33)37-28)15-19-11-9-18(10-12-19)7-6-8-22(34)32-13-4-3-5-14-32/h9-12,17,21,23,25-26,28,33,35-36H,3-8,13-16H2,1-2H3,(H,30,31). The van der Waals surface area contributed by atoms with Crippen molar-refractivity contribution in [3.05, 3.63) is 46.6 Å². The van der Waals surface area contributed by atoms with E-state index in [-0.39, 0.29) is 17.7 Å². The minimum Gasteiger partial charge on any atom is -0.443 e. The van der Waals surface area contributed by atoms with Crippen molar-refractivity contribution < 1.29 is 34.0 Å². The summed E-state index contributed by atoms with van der Waals surface area (Å²) in [6.45, 7) is 5.14. The fourth-order valence-corrected chi connectivity index (χ4v) is 5.13. The summed E-state index contributed by atoms with van der Waals surface area (Å²) < 4.78 is 25.3.